The lowest BCUT2D eigenvalue weighted by Crippen LogP contribution is -2.43. The van der Waals surface area contributed by atoms with Gasteiger partial charge in [0.1, 0.15) is 24.4 Å². The zero-order chi connectivity index (χ0) is 24.7. The zero-order valence-corrected chi connectivity index (χ0v) is 20.0. The molecule has 2 fully saturated rings. The third kappa shape index (κ3) is 5.44. The molecule has 5 rings (SSSR count). The van der Waals surface area contributed by atoms with Crippen LogP contribution in [0.3, 0.4) is 0 Å². The smallest absolute Gasteiger partial charge is 0.411 e. The van der Waals surface area contributed by atoms with Gasteiger partial charge in [-0.25, -0.2) is 4.79 Å². The highest BCUT2D eigenvalue weighted by atomic mass is 16.6. The molecule has 7 nitrogen and oxygen atoms in total. The van der Waals surface area contributed by atoms with E-state index in [1.807, 2.05) is 91.0 Å². The molecule has 0 aliphatic carbocycles. The first-order valence-corrected chi connectivity index (χ1v) is 12.3. The first-order valence-electron chi connectivity index (χ1n) is 12.3. The van der Waals surface area contributed by atoms with Crippen LogP contribution < -0.4 is 0 Å². The Balaban J connectivity index is 1.38. The summed E-state index contributed by atoms with van der Waals surface area (Å²) in [4.78, 5) is 14.6. The number of carbonyl (C=O) groups is 1. The second-order valence-electron chi connectivity index (χ2n) is 9.09. The predicted octanol–water partition coefficient (Wildman–Crippen LogP) is 3.94. The third-order valence-corrected chi connectivity index (χ3v) is 6.71. The summed E-state index contributed by atoms with van der Waals surface area (Å²) in [6.45, 7) is 1.09. The topological polar surface area (TPSA) is 77.5 Å². The van der Waals surface area contributed by atoms with Gasteiger partial charge in [0.25, 0.3) is 0 Å². The summed E-state index contributed by atoms with van der Waals surface area (Å²) < 4.78 is 24.4. The number of amides is 1. The van der Waals surface area contributed by atoms with Gasteiger partial charge in [-0.2, -0.15) is 0 Å². The fourth-order valence-corrected chi connectivity index (χ4v) is 4.98. The van der Waals surface area contributed by atoms with Crippen molar-refractivity contribution in [2.24, 2.45) is 0 Å². The summed E-state index contributed by atoms with van der Waals surface area (Å²) >= 11 is 0. The number of aliphatic hydroxyl groups excluding tert-OH is 1. The monoisotopic (exact) mass is 489 g/mol. The Morgan fingerprint density at radius 3 is 1.75 bits per heavy atom. The molecule has 2 aliphatic heterocycles. The number of carbonyl (C=O) groups excluding carboxylic acids is 1. The van der Waals surface area contributed by atoms with Crippen LogP contribution in [0.4, 0.5) is 4.79 Å². The van der Waals surface area contributed by atoms with E-state index in [2.05, 4.69) is 0 Å². The van der Waals surface area contributed by atoms with Crippen LogP contribution in [0.15, 0.2) is 91.0 Å². The van der Waals surface area contributed by atoms with Gasteiger partial charge >= 0.3 is 6.09 Å². The standard InChI is InChI=1S/C29H31NO6/c31-16-25-26-28(35-19-23-14-8-3-9-15-23)27(34-18-22-12-6-2-7-13-22)24(30(26)29(32)36-25)20-33-17-21-10-4-1-5-11-21/h1-15,24-28,31H,16-20H2/t24-,25+,26-,27-,28-/m0/s1. The Hall–Kier alpha value is -3.23. The Kier molecular flexibility index (Phi) is 7.93. The Morgan fingerprint density at radius 1 is 0.722 bits per heavy atom. The van der Waals surface area contributed by atoms with Crippen LogP contribution in [0.25, 0.3) is 0 Å². The molecule has 2 aliphatic rings. The molecule has 0 radical (unpaired) electrons. The molecule has 1 N–H and O–H groups in total. The lowest BCUT2D eigenvalue weighted by molar-refractivity contribution is -0.0975. The normalized spacial score (nSPS) is 25.1. The van der Waals surface area contributed by atoms with E-state index in [4.69, 9.17) is 18.9 Å². The van der Waals surface area contributed by atoms with Gasteiger partial charge in [0.05, 0.1) is 39.1 Å². The van der Waals surface area contributed by atoms with E-state index in [1.165, 1.54) is 0 Å². The molecule has 0 spiro atoms. The van der Waals surface area contributed by atoms with Crippen molar-refractivity contribution in [1.29, 1.82) is 0 Å². The van der Waals surface area contributed by atoms with E-state index in [0.717, 1.165) is 16.7 Å². The fraction of sp³-hybridized carbons (Fsp3) is 0.345. The molecule has 188 valence electrons. The second-order valence-corrected chi connectivity index (χ2v) is 9.09. The zero-order valence-electron chi connectivity index (χ0n) is 20.0. The summed E-state index contributed by atoms with van der Waals surface area (Å²) in [6, 6.07) is 28.8. The van der Waals surface area contributed by atoms with Crippen LogP contribution in [0.2, 0.25) is 0 Å². The summed E-state index contributed by atoms with van der Waals surface area (Å²) in [5.41, 5.74) is 3.08. The summed E-state index contributed by atoms with van der Waals surface area (Å²) in [6.07, 6.45) is -2.13. The van der Waals surface area contributed by atoms with E-state index < -0.39 is 36.5 Å². The van der Waals surface area contributed by atoms with Crippen molar-refractivity contribution in [1.82, 2.24) is 4.90 Å². The summed E-state index contributed by atoms with van der Waals surface area (Å²) in [5.74, 6) is 0. The molecule has 0 saturated carbocycles. The highest BCUT2D eigenvalue weighted by molar-refractivity contribution is 5.72. The maximum absolute atomic E-state index is 12.9. The van der Waals surface area contributed by atoms with Crippen molar-refractivity contribution >= 4 is 6.09 Å². The van der Waals surface area contributed by atoms with Crippen LogP contribution >= 0.6 is 0 Å². The average Bonchev–Trinajstić information content (AvgIpc) is 3.42. The number of hydrogen-bond acceptors (Lipinski definition) is 6. The molecule has 36 heavy (non-hydrogen) atoms. The molecule has 7 heteroatoms. The predicted molar refractivity (Wildman–Crippen MR) is 133 cm³/mol. The minimum absolute atomic E-state index is 0.253. The first kappa shape index (κ1) is 24.5. The third-order valence-electron chi connectivity index (χ3n) is 6.71. The highest BCUT2D eigenvalue weighted by Gasteiger charge is 2.60. The van der Waals surface area contributed by atoms with Crippen LogP contribution in [0.1, 0.15) is 16.7 Å². The Labute approximate surface area is 211 Å². The Morgan fingerprint density at radius 2 is 1.22 bits per heavy atom. The van der Waals surface area contributed by atoms with Crippen LogP contribution in [-0.4, -0.2) is 59.7 Å². The van der Waals surface area contributed by atoms with E-state index in [9.17, 15) is 9.90 Å². The van der Waals surface area contributed by atoms with Gasteiger partial charge in [0.2, 0.25) is 0 Å². The number of nitrogens with zero attached hydrogens (tertiary/aromatic N) is 1. The number of cyclic esters (lactones) is 1. The van der Waals surface area contributed by atoms with E-state index >= 15 is 0 Å². The van der Waals surface area contributed by atoms with Crippen LogP contribution in [0.5, 0.6) is 0 Å². The number of hydrogen-bond donors (Lipinski definition) is 1. The molecule has 2 heterocycles. The molecule has 2 saturated heterocycles. The summed E-state index contributed by atoms with van der Waals surface area (Å²) in [7, 11) is 0. The van der Waals surface area contributed by atoms with E-state index in [0.29, 0.717) is 19.8 Å². The average molecular weight is 490 g/mol. The van der Waals surface area contributed by atoms with Crippen LogP contribution in [0, 0.1) is 0 Å². The maximum atomic E-state index is 12.9. The van der Waals surface area contributed by atoms with Gasteiger partial charge in [0.15, 0.2) is 0 Å². The SMILES string of the molecule is O=C1O[C@H](CO)[C@H]2[C@H](OCc3ccccc3)[C@@H](OCc3ccccc3)[C@H](COCc3ccccc3)N12. The fourth-order valence-electron chi connectivity index (χ4n) is 4.98. The number of ether oxygens (including phenoxy) is 4. The summed E-state index contributed by atoms with van der Waals surface area (Å²) in [5, 5.41) is 10.0. The molecular formula is C29H31NO6. The van der Waals surface area contributed by atoms with Crippen molar-refractivity contribution in [2.75, 3.05) is 13.2 Å². The molecule has 1 amide bonds. The molecule has 3 aromatic carbocycles. The van der Waals surface area contributed by atoms with Crippen molar-refractivity contribution in [2.45, 2.75) is 50.2 Å². The number of rotatable bonds is 11. The maximum Gasteiger partial charge on any atom is 0.411 e. The molecule has 0 bridgehead atoms. The van der Waals surface area contributed by atoms with E-state index in [1.54, 1.807) is 4.90 Å². The number of fused-ring (bicyclic) bond motifs is 1. The van der Waals surface area contributed by atoms with Crippen molar-refractivity contribution in [3.05, 3.63) is 108 Å². The second kappa shape index (κ2) is 11.7. The lowest BCUT2D eigenvalue weighted by atomic mass is 10.0. The van der Waals surface area contributed by atoms with Gasteiger partial charge < -0.3 is 24.1 Å². The lowest BCUT2D eigenvalue weighted by Gasteiger charge is -2.28. The largest absolute Gasteiger partial charge is 0.441 e. The van der Waals surface area contributed by atoms with E-state index in [-0.39, 0.29) is 13.2 Å². The molecule has 5 atom stereocenters. The van der Waals surface area contributed by atoms with Gasteiger partial charge in [-0.15, -0.1) is 0 Å². The first-order chi connectivity index (χ1) is 17.7. The van der Waals surface area contributed by atoms with Crippen molar-refractivity contribution < 1.29 is 28.8 Å². The van der Waals surface area contributed by atoms with Crippen molar-refractivity contribution in [3.63, 3.8) is 0 Å². The Bertz CT molecular complexity index is 1100. The van der Waals surface area contributed by atoms with Crippen LogP contribution in [-0.2, 0) is 38.8 Å². The minimum atomic E-state index is -0.694. The number of aliphatic hydroxyl groups is 1. The van der Waals surface area contributed by atoms with Gasteiger partial charge in [0, 0.05) is 0 Å². The minimum Gasteiger partial charge on any atom is -0.441 e. The van der Waals surface area contributed by atoms with Crippen molar-refractivity contribution in [3.8, 4) is 0 Å². The molecule has 0 aromatic heterocycles. The molecular weight excluding hydrogens is 458 g/mol. The van der Waals surface area contributed by atoms with Gasteiger partial charge in [-0.3, -0.25) is 4.90 Å². The van der Waals surface area contributed by atoms with Gasteiger partial charge in [-0.05, 0) is 16.7 Å². The molecule has 0 unspecified atom stereocenters. The highest BCUT2D eigenvalue weighted by Crippen LogP contribution is 2.38. The quantitative estimate of drug-likeness (QED) is 0.440. The number of benzene rings is 3. The molecule has 3 aromatic rings. The van der Waals surface area contributed by atoms with Gasteiger partial charge in [-0.1, -0.05) is 91.0 Å².